The van der Waals surface area contributed by atoms with Gasteiger partial charge in [-0.25, -0.2) is 0 Å². The Kier molecular flexibility index (Phi) is 4.18. The third-order valence-corrected chi connectivity index (χ3v) is 4.80. The van der Waals surface area contributed by atoms with Gasteiger partial charge in [0, 0.05) is 5.38 Å². The summed E-state index contributed by atoms with van der Waals surface area (Å²) in [6, 6.07) is 0. The van der Waals surface area contributed by atoms with E-state index < -0.39 is 0 Å². The molecule has 1 saturated heterocycles. The van der Waals surface area contributed by atoms with Crippen LogP contribution in [0.15, 0.2) is 0 Å². The van der Waals surface area contributed by atoms with Crippen molar-refractivity contribution in [3.63, 3.8) is 0 Å². The first-order valence-electron chi connectivity index (χ1n) is 6.89. The van der Waals surface area contributed by atoms with Crippen molar-refractivity contribution < 1.29 is 4.74 Å². The standard InChI is InChI=1S/C14H25ClO/c1-14(2)10-9-12(16-14)7-8-13(15)11-5-3-4-6-11/h11-13H,3-10H2,1-2H3. The Morgan fingerprint density at radius 3 is 2.50 bits per heavy atom. The van der Waals surface area contributed by atoms with Crippen LogP contribution >= 0.6 is 11.6 Å². The highest BCUT2D eigenvalue weighted by Gasteiger charge is 2.32. The molecule has 0 N–H and O–H groups in total. The number of halogens is 1. The number of alkyl halides is 1. The van der Waals surface area contributed by atoms with E-state index in [-0.39, 0.29) is 5.60 Å². The van der Waals surface area contributed by atoms with Crippen molar-refractivity contribution in [2.75, 3.05) is 0 Å². The Morgan fingerprint density at radius 1 is 1.25 bits per heavy atom. The van der Waals surface area contributed by atoms with E-state index in [4.69, 9.17) is 16.3 Å². The second-order valence-electron chi connectivity index (χ2n) is 6.18. The van der Waals surface area contributed by atoms with Crippen LogP contribution in [0.5, 0.6) is 0 Å². The molecule has 2 heteroatoms. The molecule has 16 heavy (non-hydrogen) atoms. The minimum atomic E-state index is 0.111. The summed E-state index contributed by atoms with van der Waals surface area (Å²) < 4.78 is 6.00. The van der Waals surface area contributed by atoms with Gasteiger partial charge in [-0.2, -0.15) is 0 Å². The normalized spacial score (nSPS) is 32.1. The van der Waals surface area contributed by atoms with Crippen LogP contribution in [-0.4, -0.2) is 17.1 Å². The van der Waals surface area contributed by atoms with Crippen molar-refractivity contribution >= 4 is 11.6 Å². The fourth-order valence-electron chi connectivity index (χ4n) is 3.18. The van der Waals surface area contributed by atoms with E-state index in [1.54, 1.807) is 0 Å². The minimum Gasteiger partial charge on any atom is -0.372 e. The number of rotatable bonds is 4. The van der Waals surface area contributed by atoms with E-state index >= 15 is 0 Å². The van der Waals surface area contributed by atoms with Gasteiger partial charge in [0.05, 0.1) is 11.7 Å². The van der Waals surface area contributed by atoms with Crippen LogP contribution in [0.3, 0.4) is 0 Å². The van der Waals surface area contributed by atoms with Crippen LogP contribution in [0.4, 0.5) is 0 Å². The monoisotopic (exact) mass is 244 g/mol. The summed E-state index contributed by atoms with van der Waals surface area (Å²) in [6.45, 7) is 4.39. The molecule has 2 aliphatic rings. The van der Waals surface area contributed by atoms with Crippen molar-refractivity contribution in [1.29, 1.82) is 0 Å². The fourth-order valence-corrected chi connectivity index (χ4v) is 3.56. The Labute approximate surface area is 105 Å². The average Bonchev–Trinajstić information content (AvgIpc) is 2.83. The summed E-state index contributed by atoms with van der Waals surface area (Å²) in [6.07, 6.45) is 10.7. The molecule has 1 aliphatic heterocycles. The van der Waals surface area contributed by atoms with Crippen molar-refractivity contribution in [2.45, 2.75) is 82.3 Å². The van der Waals surface area contributed by atoms with E-state index in [0.717, 1.165) is 18.8 Å². The van der Waals surface area contributed by atoms with Crippen LogP contribution < -0.4 is 0 Å². The van der Waals surface area contributed by atoms with Crippen molar-refractivity contribution in [3.05, 3.63) is 0 Å². The summed E-state index contributed by atoms with van der Waals surface area (Å²) in [7, 11) is 0. The molecule has 94 valence electrons. The maximum atomic E-state index is 6.48. The lowest BCUT2D eigenvalue weighted by Gasteiger charge is -2.21. The molecule has 1 saturated carbocycles. The third kappa shape index (κ3) is 3.37. The molecule has 1 heterocycles. The zero-order valence-electron chi connectivity index (χ0n) is 10.7. The van der Waals surface area contributed by atoms with Gasteiger partial charge < -0.3 is 4.74 Å². The zero-order chi connectivity index (χ0) is 11.6. The first kappa shape index (κ1) is 12.7. The van der Waals surface area contributed by atoms with Gasteiger partial charge >= 0.3 is 0 Å². The van der Waals surface area contributed by atoms with Crippen molar-refractivity contribution in [2.24, 2.45) is 5.92 Å². The van der Waals surface area contributed by atoms with Gasteiger partial charge in [-0.1, -0.05) is 12.8 Å². The van der Waals surface area contributed by atoms with Gasteiger partial charge in [-0.15, -0.1) is 11.6 Å². The lowest BCUT2D eigenvalue weighted by molar-refractivity contribution is -0.0193. The Hall–Kier alpha value is 0.250. The summed E-state index contributed by atoms with van der Waals surface area (Å²) >= 11 is 6.48. The molecule has 1 aliphatic carbocycles. The van der Waals surface area contributed by atoms with E-state index in [9.17, 15) is 0 Å². The predicted molar refractivity (Wildman–Crippen MR) is 69.0 cm³/mol. The number of hydrogen-bond acceptors (Lipinski definition) is 1. The third-order valence-electron chi connectivity index (χ3n) is 4.23. The van der Waals surface area contributed by atoms with E-state index in [1.807, 2.05) is 0 Å². The van der Waals surface area contributed by atoms with E-state index in [0.29, 0.717) is 11.5 Å². The van der Waals surface area contributed by atoms with Crippen LogP contribution in [0.2, 0.25) is 0 Å². The minimum absolute atomic E-state index is 0.111. The lowest BCUT2D eigenvalue weighted by Crippen LogP contribution is -2.21. The number of hydrogen-bond donors (Lipinski definition) is 0. The van der Waals surface area contributed by atoms with Crippen LogP contribution in [0.25, 0.3) is 0 Å². The Bertz CT molecular complexity index is 219. The Morgan fingerprint density at radius 2 is 1.94 bits per heavy atom. The van der Waals surface area contributed by atoms with E-state index in [1.165, 1.54) is 38.5 Å². The second-order valence-corrected chi connectivity index (χ2v) is 6.74. The molecule has 2 rings (SSSR count). The molecule has 2 unspecified atom stereocenters. The highest BCUT2D eigenvalue weighted by atomic mass is 35.5. The molecule has 0 amide bonds. The summed E-state index contributed by atoms with van der Waals surface area (Å²) in [5.74, 6) is 0.788. The van der Waals surface area contributed by atoms with Crippen molar-refractivity contribution in [3.8, 4) is 0 Å². The lowest BCUT2D eigenvalue weighted by atomic mass is 9.97. The molecule has 0 spiro atoms. The highest BCUT2D eigenvalue weighted by molar-refractivity contribution is 6.20. The topological polar surface area (TPSA) is 9.23 Å². The van der Waals surface area contributed by atoms with Gasteiger partial charge in [-0.3, -0.25) is 0 Å². The van der Waals surface area contributed by atoms with Gasteiger partial charge in [-0.05, 0) is 58.3 Å². The largest absolute Gasteiger partial charge is 0.372 e. The van der Waals surface area contributed by atoms with Crippen LogP contribution in [0, 0.1) is 5.92 Å². The average molecular weight is 245 g/mol. The predicted octanol–water partition coefficient (Wildman–Crippen LogP) is 4.52. The van der Waals surface area contributed by atoms with E-state index in [2.05, 4.69) is 13.8 Å². The van der Waals surface area contributed by atoms with Crippen LogP contribution in [0.1, 0.15) is 65.2 Å². The van der Waals surface area contributed by atoms with Crippen molar-refractivity contribution in [1.82, 2.24) is 0 Å². The van der Waals surface area contributed by atoms with Gasteiger partial charge in [0.1, 0.15) is 0 Å². The molecular weight excluding hydrogens is 220 g/mol. The maximum Gasteiger partial charge on any atom is 0.0631 e. The SMILES string of the molecule is CC1(C)CCC(CCC(Cl)C2CCCC2)O1. The molecule has 1 nitrogen and oxygen atoms in total. The first-order valence-corrected chi connectivity index (χ1v) is 7.32. The molecule has 0 aromatic heterocycles. The fraction of sp³-hybridized carbons (Fsp3) is 1.00. The maximum absolute atomic E-state index is 6.48. The highest BCUT2D eigenvalue weighted by Crippen LogP contribution is 2.36. The number of ether oxygens (including phenoxy) is 1. The molecule has 0 bridgehead atoms. The smallest absolute Gasteiger partial charge is 0.0631 e. The zero-order valence-corrected chi connectivity index (χ0v) is 11.4. The molecule has 2 atom stereocenters. The van der Waals surface area contributed by atoms with Gasteiger partial charge in [0.2, 0.25) is 0 Å². The van der Waals surface area contributed by atoms with Gasteiger partial charge in [0.25, 0.3) is 0 Å². The molecule has 2 fully saturated rings. The molecule has 0 aromatic carbocycles. The first-order chi connectivity index (χ1) is 7.57. The van der Waals surface area contributed by atoms with Gasteiger partial charge in [0.15, 0.2) is 0 Å². The van der Waals surface area contributed by atoms with Crippen LogP contribution in [-0.2, 0) is 4.74 Å². The summed E-state index contributed by atoms with van der Waals surface area (Å²) in [5.41, 5.74) is 0.111. The quantitative estimate of drug-likeness (QED) is 0.661. The summed E-state index contributed by atoms with van der Waals surface area (Å²) in [4.78, 5) is 0. The Balaban J connectivity index is 1.67. The molecular formula is C14H25ClO. The molecule has 0 aromatic rings. The summed E-state index contributed by atoms with van der Waals surface area (Å²) in [5, 5.41) is 0.398. The second kappa shape index (κ2) is 5.27. The molecule has 0 radical (unpaired) electrons.